The van der Waals surface area contributed by atoms with Crippen molar-refractivity contribution in [2.45, 2.75) is 0 Å². The molecule has 12 heteroatoms. The Morgan fingerprint density at radius 3 is 0.556 bits per heavy atom. The summed E-state index contributed by atoms with van der Waals surface area (Å²) in [6, 6.07) is 8.49. The lowest BCUT2D eigenvalue weighted by Gasteiger charge is -1.96. The number of rotatable bonds is 0. The minimum absolute atomic E-state index is 0.684. The van der Waals surface area contributed by atoms with Gasteiger partial charge in [0, 0.05) is 31.3 Å². The van der Waals surface area contributed by atoms with E-state index in [1.165, 1.54) is 36.4 Å². The Kier molecular flexibility index (Phi) is 5.12. The molecule has 6 nitrogen and oxygen atoms in total. The molecular formula is C24F6N6. The number of allylic oxidation sites excluding steroid dienone is 3. The minimum Gasteiger partial charge on any atom is -0.192 e. The Hall–Kier alpha value is -5.82. The van der Waals surface area contributed by atoms with Gasteiger partial charge in [-0.25, -0.2) is 0 Å². The van der Waals surface area contributed by atoms with Crippen molar-refractivity contribution < 1.29 is 26.3 Å². The van der Waals surface area contributed by atoms with Gasteiger partial charge >= 0.3 is 0 Å². The van der Waals surface area contributed by atoms with E-state index in [0.29, 0.717) is 0 Å². The van der Waals surface area contributed by atoms with Crippen LogP contribution in [0.15, 0.2) is 35.0 Å². The van der Waals surface area contributed by atoms with Crippen LogP contribution in [0.25, 0.3) is 33.4 Å². The van der Waals surface area contributed by atoms with E-state index < -0.39 is 99.7 Å². The summed E-state index contributed by atoms with van der Waals surface area (Å²) >= 11 is 0. The van der Waals surface area contributed by atoms with Gasteiger partial charge in [-0.3, -0.25) is 0 Å². The second kappa shape index (κ2) is 7.89. The van der Waals surface area contributed by atoms with Crippen molar-refractivity contribution in [1.82, 2.24) is 0 Å². The van der Waals surface area contributed by atoms with Crippen LogP contribution in [0.2, 0.25) is 0 Å². The van der Waals surface area contributed by atoms with Crippen molar-refractivity contribution in [3.8, 4) is 36.4 Å². The van der Waals surface area contributed by atoms with Crippen molar-refractivity contribution in [3.05, 3.63) is 66.3 Å². The Bertz CT molecular complexity index is 1720. The largest absolute Gasteiger partial charge is 0.280 e. The van der Waals surface area contributed by atoms with Gasteiger partial charge in [0.1, 0.15) is 36.4 Å². The van der Waals surface area contributed by atoms with E-state index >= 15 is 0 Å². The zero-order valence-corrected chi connectivity index (χ0v) is 17.0. The van der Waals surface area contributed by atoms with Crippen LogP contribution in [-0.2, 0) is 0 Å². The Balaban J connectivity index is 2.87. The molecule has 0 amide bonds. The van der Waals surface area contributed by atoms with Crippen LogP contribution in [0.5, 0.6) is 0 Å². The van der Waals surface area contributed by atoms with Crippen LogP contribution in [-0.4, -0.2) is 0 Å². The van der Waals surface area contributed by atoms with E-state index in [9.17, 15) is 57.9 Å². The highest BCUT2D eigenvalue weighted by atomic mass is 19.3. The van der Waals surface area contributed by atoms with Crippen LogP contribution in [0.4, 0.5) is 26.3 Å². The van der Waals surface area contributed by atoms with Gasteiger partial charge < -0.3 is 0 Å². The molecule has 0 heterocycles. The third-order valence-corrected chi connectivity index (χ3v) is 5.74. The number of halogens is 6. The van der Waals surface area contributed by atoms with Crippen LogP contribution < -0.4 is 31.3 Å². The third kappa shape index (κ3) is 2.56. The molecular weight excluding hydrogens is 486 g/mol. The first-order valence-electron chi connectivity index (χ1n) is 9.23. The summed E-state index contributed by atoms with van der Waals surface area (Å²) in [7, 11) is 0. The van der Waals surface area contributed by atoms with Crippen LogP contribution in [0, 0.1) is 68.0 Å². The summed E-state index contributed by atoms with van der Waals surface area (Å²) in [5, 5.41) is 54.0. The maximum atomic E-state index is 14.0. The zero-order chi connectivity index (χ0) is 26.6. The molecule has 0 unspecified atom stereocenters. The first kappa shape index (κ1) is 23.3. The van der Waals surface area contributed by atoms with E-state index in [-0.39, 0.29) is 0 Å². The van der Waals surface area contributed by atoms with E-state index in [0.717, 1.165) is 0 Å². The lowest BCUT2D eigenvalue weighted by atomic mass is 10.0. The van der Waals surface area contributed by atoms with Gasteiger partial charge in [0.15, 0.2) is 0 Å². The molecule has 0 fully saturated rings. The van der Waals surface area contributed by atoms with Gasteiger partial charge in [-0.15, -0.1) is 0 Å². The smallest absolute Gasteiger partial charge is 0.192 e. The van der Waals surface area contributed by atoms with Crippen molar-refractivity contribution in [2.75, 3.05) is 0 Å². The molecule has 0 spiro atoms. The fourth-order valence-electron chi connectivity index (χ4n) is 4.61. The highest BCUT2D eigenvalue weighted by Gasteiger charge is 2.36. The molecule has 0 radical (unpaired) electrons. The predicted octanol–water partition coefficient (Wildman–Crippen LogP) is 0.225. The molecule has 0 aromatic heterocycles. The molecule has 0 atom stereocenters. The molecule has 3 aliphatic rings. The third-order valence-electron chi connectivity index (χ3n) is 5.74. The Labute approximate surface area is 194 Å². The van der Waals surface area contributed by atoms with Crippen molar-refractivity contribution in [2.24, 2.45) is 0 Å². The van der Waals surface area contributed by atoms with Crippen molar-refractivity contribution in [3.63, 3.8) is 0 Å². The molecule has 0 saturated carbocycles. The molecule has 1 aromatic rings. The number of hydrogen-bond donors (Lipinski definition) is 0. The number of nitrogens with zero attached hydrogens (tertiary/aromatic N) is 6. The fourth-order valence-corrected chi connectivity index (χ4v) is 4.61. The minimum atomic E-state index is -2.57. The predicted molar refractivity (Wildman–Crippen MR) is 106 cm³/mol. The molecule has 0 aliphatic heterocycles. The standard InChI is InChI=1S/C24F6N6/c25-22(26)13-7(1-31)16-17(8(13)2-32)19-11(5-35)15(24(29)30)12(6-36)21(19)20-10(4-34)14(23(27)28)9(3-33)18(16)20. The van der Waals surface area contributed by atoms with Gasteiger partial charge in [0.05, 0.1) is 50.2 Å². The molecule has 168 valence electrons. The summed E-state index contributed by atoms with van der Waals surface area (Å²) < 4.78 is 83.7. The average Bonchev–Trinajstić information content (AvgIpc) is 3.47. The second-order valence-electron chi connectivity index (χ2n) is 7.08. The number of benzene rings is 1. The van der Waals surface area contributed by atoms with Gasteiger partial charge in [-0.1, -0.05) is 0 Å². The topological polar surface area (TPSA) is 143 Å². The molecule has 0 saturated heterocycles. The van der Waals surface area contributed by atoms with E-state index in [2.05, 4.69) is 0 Å². The first-order chi connectivity index (χ1) is 17.2. The zero-order valence-electron chi connectivity index (χ0n) is 17.0. The molecule has 3 aliphatic carbocycles. The number of fused-ring (bicyclic) bond motifs is 6. The molecule has 4 rings (SSSR count). The van der Waals surface area contributed by atoms with Gasteiger partial charge in [0.25, 0.3) is 18.2 Å². The maximum absolute atomic E-state index is 14.0. The number of nitriles is 6. The van der Waals surface area contributed by atoms with Crippen LogP contribution in [0.3, 0.4) is 0 Å². The normalized spacial score (nSPS) is 14.8. The first-order valence-corrected chi connectivity index (χ1v) is 9.23. The fraction of sp³-hybridized carbons (Fsp3) is 0. The average molecular weight is 486 g/mol. The molecule has 0 bridgehead atoms. The Morgan fingerprint density at radius 2 is 0.472 bits per heavy atom. The lowest BCUT2D eigenvalue weighted by molar-refractivity contribution is 0.418. The summed E-state index contributed by atoms with van der Waals surface area (Å²) in [6.45, 7) is 0. The second-order valence-corrected chi connectivity index (χ2v) is 7.08. The summed E-state index contributed by atoms with van der Waals surface area (Å²) in [5.74, 6) is 0. The van der Waals surface area contributed by atoms with Crippen molar-refractivity contribution in [1.29, 1.82) is 31.6 Å². The van der Waals surface area contributed by atoms with Crippen LogP contribution >= 0.6 is 0 Å². The van der Waals surface area contributed by atoms with E-state index in [1.807, 2.05) is 0 Å². The quantitative estimate of drug-likeness (QED) is 0.481. The van der Waals surface area contributed by atoms with Gasteiger partial charge in [-0.05, 0) is 0 Å². The Morgan fingerprint density at radius 1 is 0.333 bits per heavy atom. The van der Waals surface area contributed by atoms with Crippen molar-refractivity contribution >= 4 is 33.4 Å². The maximum Gasteiger partial charge on any atom is 0.280 e. The molecule has 36 heavy (non-hydrogen) atoms. The molecule has 0 N–H and O–H groups in total. The monoisotopic (exact) mass is 486 g/mol. The van der Waals surface area contributed by atoms with E-state index in [1.54, 1.807) is 0 Å². The molecule has 1 aromatic carbocycles. The van der Waals surface area contributed by atoms with Crippen LogP contribution in [0.1, 0.15) is 0 Å². The SMILES string of the molecule is N#CC1=c2c3c(c4c(c2=C(C#N)C1=C(F)F)=C(C#N)C(=C(F)F)C=4C#N)=C(C#N)C(=C(F)F)C=3C#N. The van der Waals surface area contributed by atoms with Gasteiger partial charge in [0.2, 0.25) is 0 Å². The highest BCUT2D eigenvalue weighted by Crippen LogP contribution is 2.31. The van der Waals surface area contributed by atoms with Gasteiger partial charge in [-0.2, -0.15) is 57.9 Å². The summed E-state index contributed by atoms with van der Waals surface area (Å²) in [6.07, 6.45) is -7.70. The lowest BCUT2D eigenvalue weighted by Crippen LogP contribution is -2.65. The number of hydrogen-bond acceptors (Lipinski definition) is 6. The highest BCUT2D eigenvalue weighted by molar-refractivity contribution is 6.07. The summed E-state index contributed by atoms with van der Waals surface area (Å²) in [4.78, 5) is 0. The summed E-state index contributed by atoms with van der Waals surface area (Å²) in [5.41, 5.74) is -9.52. The van der Waals surface area contributed by atoms with E-state index in [4.69, 9.17) is 0 Å².